The van der Waals surface area contributed by atoms with Crippen molar-refractivity contribution in [1.29, 1.82) is 0 Å². The van der Waals surface area contributed by atoms with Crippen LogP contribution in [0.4, 0.5) is 5.69 Å². The summed E-state index contributed by atoms with van der Waals surface area (Å²) in [6.07, 6.45) is 1.61. The maximum atomic E-state index is 12.7. The molecule has 0 radical (unpaired) electrons. The van der Waals surface area contributed by atoms with Gasteiger partial charge in [-0.1, -0.05) is 31.2 Å². The topological polar surface area (TPSA) is 63.7 Å². The van der Waals surface area contributed by atoms with E-state index >= 15 is 0 Å². The number of hydrogen-bond donors (Lipinski definition) is 0. The van der Waals surface area contributed by atoms with E-state index in [4.69, 9.17) is 4.74 Å². The van der Waals surface area contributed by atoms with Crippen molar-refractivity contribution >= 4 is 23.5 Å². The maximum Gasteiger partial charge on any atom is 0.333 e. The average Bonchev–Trinajstić information content (AvgIpc) is 2.97. The van der Waals surface area contributed by atoms with Gasteiger partial charge in [0.05, 0.1) is 24.1 Å². The highest BCUT2D eigenvalue weighted by Crippen LogP contribution is 2.44. The van der Waals surface area contributed by atoms with E-state index in [1.807, 2.05) is 6.07 Å². The number of nitrogens with zero attached hydrogens (tertiary/aromatic N) is 1. The molecule has 1 aromatic carbocycles. The van der Waals surface area contributed by atoms with Gasteiger partial charge in [-0.15, -0.1) is 0 Å². The van der Waals surface area contributed by atoms with Gasteiger partial charge in [0.1, 0.15) is 0 Å². The molecule has 1 aliphatic heterocycles. The zero-order valence-electron chi connectivity index (χ0n) is 12.5. The van der Waals surface area contributed by atoms with Gasteiger partial charge in [0.25, 0.3) is 0 Å². The van der Waals surface area contributed by atoms with Crippen LogP contribution in [0, 0.1) is 17.8 Å². The number of benzene rings is 1. The van der Waals surface area contributed by atoms with E-state index in [1.165, 1.54) is 4.90 Å². The summed E-state index contributed by atoms with van der Waals surface area (Å²) in [4.78, 5) is 38.4. The minimum absolute atomic E-state index is 0.246. The lowest BCUT2D eigenvalue weighted by Crippen LogP contribution is -2.33. The second-order valence-corrected chi connectivity index (χ2v) is 5.53. The minimum Gasteiger partial charge on any atom is -0.463 e. The molecule has 0 N–H and O–H groups in total. The molecule has 3 atom stereocenters. The van der Waals surface area contributed by atoms with Gasteiger partial charge >= 0.3 is 5.97 Å². The minimum atomic E-state index is -0.567. The van der Waals surface area contributed by atoms with Crippen LogP contribution in [0.15, 0.2) is 42.0 Å². The standard InChI is InChI=1S/C17H17NO4/c1-3-22-17(21)12-9-13-14(10(12)2)16(20)18(15(13)19)11-7-5-4-6-8-11/h4-10,13-14H,3H2,1-2H3/t10-,13-,14+/m0/s1. The Kier molecular flexibility index (Phi) is 3.56. The predicted molar refractivity (Wildman–Crippen MR) is 79.8 cm³/mol. The Morgan fingerprint density at radius 3 is 2.45 bits per heavy atom. The van der Waals surface area contributed by atoms with Crippen molar-refractivity contribution in [3.63, 3.8) is 0 Å². The number of imide groups is 1. The third kappa shape index (κ3) is 2.04. The van der Waals surface area contributed by atoms with E-state index in [0.29, 0.717) is 11.3 Å². The number of amides is 2. The van der Waals surface area contributed by atoms with Crippen LogP contribution in [0.5, 0.6) is 0 Å². The molecule has 0 spiro atoms. The maximum absolute atomic E-state index is 12.7. The number of hydrogen-bond acceptors (Lipinski definition) is 4. The first-order valence-corrected chi connectivity index (χ1v) is 7.38. The van der Waals surface area contributed by atoms with Gasteiger partial charge in [0, 0.05) is 11.5 Å². The Morgan fingerprint density at radius 1 is 1.18 bits per heavy atom. The van der Waals surface area contributed by atoms with E-state index in [2.05, 4.69) is 0 Å². The summed E-state index contributed by atoms with van der Waals surface area (Å²) in [6, 6.07) is 8.87. The number of esters is 1. The Labute approximate surface area is 128 Å². The van der Waals surface area contributed by atoms with Gasteiger partial charge < -0.3 is 4.74 Å². The molecule has 2 aliphatic rings. The van der Waals surface area contributed by atoms with Crippen LogP contribution in [0.1, 0.15) is 13.8 Å². The van der Waals surface area contributed by atoms with Gasteiger partial charge in [-0.3, -0.25) is 9.59 Å². The van der Waals surface area contributed by atoms with E-state index in [9.17, 15) is 14.4 Å². The number of fused-ring (bicyclic) bond motifs is 1. The van der Waals surface area contributed by atoms with Gasteiger partial charge in [-0.2, -0.15) is 0 Å². The van der Waals surface area contributed by atoms with Gasteiger partial charge in [0.15, 0.2) is 0 Å². The SMILES string of the molecule is CCOC(=O)C1=C[C@@H]2C(=O)N(c3ccccc3)C(=O)[C@@H]2[C@H]1C. The lowest BCUT2D eigenvalue weighted by molar-refractivity contribution is -0.139. The van der Waals surface area contributed by atoms with Crippen LogP contribution in [0.25, 0.3) is 0 Å². The third-order valence-corrected chi connectivity index (χ3v) is 4.31. The molecule has 114 valence electrons. The summed E-state index contributed by atoms with van der Waals surface area (Å²) >= 11 is 0. The largest absolute Gasteiger partial charge is 0.463 e. The number of para-hydroxylation sites is 1. The molecule has 1 heterocycles. The molecule has 0 unspecified atom stereocenters. The quantitative estimate of drug-likeness (QED) is 0.632. The Morgan fingerprint density at radius 2 is 1.86 bits per heavy atom. The summed E-state index contributed by atoms with van der Waals surface area (Å²) in [7, 11) is 0. The fraction of sp³-hybridized carbons (Fsp3) is 0.353. The van der Waals surface area contributed by atoms with Crippen LogP contribution in [-0.4, -0.2) is 24.4 Å². The first-order valence-electron chi connectivity index (χ1n) is 7.38. The molecule has 1 fully saturated rings. The van der Waals surface area contributed by atoms with Crippen molar-refractivity contribution in [2.45, 2.75) is 13.8 Å². The van der Waals surface area contributed by atoms with Crippen molar-refractivity contribution in [1.82, 2.24) is 0 Å². The van der Waals surface area contributed by atoms with Gasteiger partial charge in [-0.25, -0.2) is 9.69 Å². The van der Waals surface area contributed by atoms with Crippen LogP contribution < -0.4 is 4.90 Å². The molecule has 2 amide bonds. The van der Waals surface area contributed by atoms with Gasteiger partial charge in [0.2, 0.25) is 11.8 Å². The number of carbonyl (C=O) groups excluding carboxylic acids is 3. The van der Waals surface area contributed by atoms with Crippen LogP contribution in [0.3, 0.4) is 0 Å². The first-order chi connectivity index (χ1) is 10.6. The fourth-order valence-electron chi connectivity index (χ4n) is 3.25. The van der Waals surface area contributed by atoms with Crippen molar-refractivity contribution in [3.05, 3.63) is 42.0 Å². The molecule has 1 aromatic rings. The number of rotatable bonds is 3. The lowest BCUT2D eigenvalue weighted by atomic mass is 9.89. The van der Waals surface area contributed by atoms with Gasteiger partial charge in [-0.05, 0) is 19.1 Å². The van der Waals surface area contributed by atoms with Crippen LogP contribution >= 0.6 is 0 Å². The van der Waals surface area contributed by atoms with E-state index in [0.717, 1.165) is 0 Å². The first kappa shape index (κ1) is 14.5. The summed E-state index contributed by atoms with van der Waals surface area (Å²) in [5, 5.41) is 0. The highest BCUT2D eigenvalue weighted by molar-refractivity contribution is 6.23. The number of carbonyl (C=O) groups is 3. The normalized spacial score (nSPS) is 26.9. The predicted octanol–water partition coefficient (Wildman–Crippen LogP) is 1.93. The Balaban J connectivity index is 1.93. The van der Waals surface area contributed by atoms with Crippen molar-refractivity contribution in [2.24, 2.45) is 17.8 Å². The van der Waals surface area contributed by atoms with Crippen LogP contribution in [0.2, 0.25) is 0 Å². The molecular weight excluding hydrogens is 282 g/mol. The fourth-order valence-corrected chi connectivity index (χ4v) is 3.25. The highest BCUT2D eigenvalue weighted by atomic mass is 16.5. The van der Waals surface area contributed by atoms with Crippen molar-refractivity contribution in [3.8, 4) is 0 Å². The molecule has 5 nitrogen and oxygen atoms in total. The summed E-state index contributed by atoms with van der Waals surface area (Å²) < 4.78 is 5.00. The highest BCUT2D eigenvalue weighted by Gasteiger charge is 2.54. The third-order valence-electron chi connectivity index (χ3n) is 4.31. The average molecular weight is 299 g/mol. The Hall–Kier alpha value is -2.43. The molecular formula is C17H17NO4. The Bertz CT molecular complexity index is 664. The molecule has 5 heteroatoms. The second kappa shape index (κ2) is 5.40. The zero-order valence-corrected chi connectivity index (χ0v) is 12.5. The summed E-state index contributed by atoms with van der Waals surface area (Å²) in [5.74, 6) is -2.34. The van der Waals surface area contributed by atoms with E-state index in [-0.39, 0.29) is 24.3 Å². The number of ether oxygens (including phenoxy) is 1. The molecule has 22 heavy (non-hydrogen) atoms. The smallest absolute Gasteiger partial charge is 0.333 e. The van der Waals surface area contributed by atoms with Crippen molar-refractivity contribution < 1.29 is 19.1 Å². The zero-order chi connectivity index (χ0) is 15.9. The van der Waals surface area contributed by atoms with Crippen molar-refractivity contribution in [2.75, 3.05) is 11.5 Å². The summed E-state index contributed by atoms with van der Waals surface area (Å²) in [5.41, 5.74) is 1.01. The second-order valence-electron chi connectivity index (χ2n) is 5.53. The molecule has 0 bridgehead atoms. The lowest BCUT2D eigenvalue weighted by Gasteiger charge is -2.18. The summed E-state index contributed by atoms with van der Waals surface area (Å²) in [6.45, 7) is 3.80. The van der Waals surface area contributed by atoms with E-state index < -0.39 is 17.8 Å². The number of anilines is 1. The molecule has 1 aliphatic carbocycles. The van der Waals surface area contributed by atoms with Crippen LogP contribution in [-0.2, 0) is 19.1 Å². The molecule has 3 rings (SSSR count). The van der Waals surface area contributed by atoms with E-state index in [1.54, 1.807) is 44.2 Å². The molecule has 0 saturated carbocycles. The molecule has 1 saturated heterocycles. The monoisotopic (exact) mass is 299 g/mol. The molecule has 0 aromatic heterocycles.